The van der Waals surface area contributed by atoms with Crippen LogP contribution in [0.15, 0.2) is 73.1 Å². The minimum atomic E-state index is -0.186. The van der Waals surface area contributed by atoms with E-state index in [4.69, 9.17) is 16.6 Å². The van der Waals surface area contributed by atoms with Crippen molar-refractivity contribution >= 4 is 34.1 Å². The van der Waals surface area contributed by atoms with E-state index in [1.165, 1.54) is 0 Å². The molecule has 4 rings (SSSR count). The van der Waals surface area contributed by atoms with Crippen LogP contribution in [0.3, 0.4) is 0 Å². The second-order valence-electron chi connectivity index (χ2n) is 6.22. The molecule has 0 aliphatic heterocycles. The summed E-state index contributed by atoms with van der Waals surface area (Å²) in [6.07, 6.45) is 3.42. The average molecular weight is 374 g/mol. The number of nitrogens with zero attached hydrogens (tertiary/aromatic N) is 2. The van der Waals surface area contributed by atoms with E-state index in [-0.39, 0.29) is 5.91 Å². The maximum absolute atomic E-state index is 13.1. The number of fused-ring (bicyclic) bond motifs is 1. The van der Waals surface area contributed by atoms with Gasteiger partial charge in [-0.1, -0.05) is 29.8 Å². The standard InChI is InChI=1S/C22H16ClN3O/c1-14-12-16(23)6-7-19(14)26-22(27)18-13-21(15-8-10-24-11-9-15)25-20-5-3-2-4-17(18)20/h2-13H,1H3,(H,26,27). The first kappa shape index (κ1) is 17.2. The van der Waals surface area contributed by atoms with Crippen molar-refractivity contribution in [2.75, 3.05) is 5.32 Å². The summed E-state index contributed by atoms with van der Waals surface area (Å²) in [5, 5.41) is 4.43. The molecule has 4 aromatic rings. The average Bonchev–Trinajstić information content (AvgIpc) is 2.70. The van der Waals surface area contributed by atoms with Crippen molar-refractivity contribution < 1.29 is 4.79 Å². The number of carbonyl (C=O) groups is 1. The first-order valence-corrected chi connectivity index (χ1v) is 8.87. The number of hydrogen-bond acceptors (Lipinski definition) is 3. The normalized spacial score (nSPS) is 10.7. The summed E-state index contributed by atoms with van der Waals surface area (Å²) in [7, 11) is 0. The minimum Gasteiger partial charge on any atom is -0.322 e. The molecule has 0 saturated heterocycles. The molecule has 0 radical (unpaired) electrons. The van der Waals surface area contributed by atoms with Crippen LogP contribution in [-0.2, 0) is 0 Å². The SMILES string of the molecule is Cc1cc(Cl)ccc1NC(=O)c1cc(-c2ccncc2)nc2ccccc12. The van der Waals surface area contributed by atoms with Crippen LogP contribution in [-0.4, -0.2) is 15.9 Å². The van der Waals surface area contributed by atoms with E-state index in [1.807, 2.05) is 61.5 Å². The molecule has 0 aliphatic rings. The molecule has 1 amide bonds. The van der Waals surface area contributed by atoms with E-state index in [0.29, 0.717) is 10.6 Å². The fourth-order valence-electron chi connectivity index (χ4n) is 2.99. The summed E-state index contributed by atoms with van der Waals surface area (Å²) in [6, 6.07) is 18.6. The molecule has 2 heterocycles. The monoisotopic (exact) mass is 373 g/mol. The maximum atomic E-state index is 13.1. The maximum Gasteiger partial charge on any atom is 0.256 e. The number of pyridine rings is 2. The third kappa shape index (κ3) is 3.52. The molecular weight excluding hydrogens is 358 g/mol. The lowest BCUT2D eigenvalue weighted by molar-refractivity contribution is 0.102. The van der Waals surface area contributed by atoms with Gasteiger partial charge in [0.15, 0.2) is 0 Å². The van der Waals surface area contributed by atoms with E-state index < -0.39 is 0 Å². The zero-order valence-electron chi connectivity index (χ0n) is 14.6. The highest BCUT2D eigenvalue weighted by Crippen LogP contribution is 2.26. The first-order valence-electron chi connectivity index (χ1n) is 8.49. The van der Waals surface area contributed by atoms with Crippen LogP contribution in [0.25, 0.3) is 22.2 Å². The van der Waals surface area contributed by atoms with E-state index in [2.05, 4.69) is 10.3 Å². The molecule has 0 fully saturated rings. The molecule has 27 heavy (non-hydrogen) atoms. The van der Waals surface area contributed by atoms with Gasteiger partial charge in [-0.05, 0) is 55.0 Å². The molecule has 0 saturated carbocycles. The van der Waals surface area contributed by atoms with Crippen LogP contribution >= 0.6 is 11.6 Å². The Balaban J connectivity index is 1.81. The second-order valence-corrected chi connectivity index (χ2v) is 6.66. The zero-order chi connectivity index (χ0) is 18.8. The number of carbonyl (C=O) groups excluding carboxylic acids is 1. The fraction of sp³-hybridized carbons (Fsp3) is 0.0455. The van der Waals surface area contributed by atoms with Crippen molar-refractivity contribution in [2.45, 2.75) is 6.92 Å². The molecule has 0 aliphatic carbocycles. The van der Waals surface area contributed by atoms with Crippen molar-refractivity contribution in [3.8, 4) is 11.3 Å². The van der Waals surface area contributed by atoms with Crippen LogP contribution in [0.1, 0.15) is 15.9 Å². The Morgan fingerprint density at radius 3 is 2.56 bits per heavy atom. The quantitative estimate of drug-likeness (QED) is 0.515. The smallest absolute Gasteiger partial charge is 0.256 e. The van der Waals surface area contributed by atoms with Gasteiger partial charge in [0, 0.05) is 34.1 Å². The van der Waals surface area contributed by atoms with Crippen molar-refractivity contribution in [3.63, 3.8) is 0 Å². The second kappa shape index (κ2) is 7.17. The summed E-state index contributed by atoms with van der Waals surface area (Å²) in [5.74, 6) is -0.186. The van der Waals surface area contributed by atoms with Crippen molar-refractivity contribution in [2.24, 2.45) is 0 Å². The minimum absolute atomic E-state index is 0.186. The summed E-state index contributed by atoms with van der Waals surface area (Å²) in [4.78, 5) is 21.8. The van der Waals surface area contributed by atoms with Gasteiger partial charge in [-0.25, -0.2) is 4.98 Å². The molecular formula is C22H16ClN3O. The van der Waals surface area contributed by atoms with Gasteiger partial charge in [0.25, 0.3) is 5.91 Å². The highest BCUT2D eigenvalue weighted by Gasteiger charge is 2.15. The lowest BCUT2D eigenvalue weighted by atomic mass is 10.0. The molecule has 5 heteroatoms. The molecule has 132 valence electrons. The Hall–Kier alpha value is -3.24. The van der Waals surface area contributed by atoms with Gasteiger partial charge >= 0.3 is 0 Å². The number of aromatic nitrogens is 2. The molecule has 0 unspecified atom stereocenters. The Morgan fingerprint density at radius 2 is 1.78 bits per heavy atom. The van der Waals surface area contributed by atoms with Gasteiger partial charge in [0.05, 0.1) is 16.8 Å². The van der Waals surface area contributed by atoms with Gasteiger partial charge in [-0.15, -0.1) is 0 Å². The number of amides is 1. The van der Waals surface area contributed by atoms with E-state index in [0.717, 1.165) is 33.4 Å². The molecule has 4 nitrogen and oxygen atoms in total. The van der Waals surface area contributed by atoms with Crippen molar-refractivity contribution in [1.29, 1.82) is 0 Å². The van der Waals surface area contributed by atoms with Gasteiger partial charge in [0.1, 0.15) is 0 Å². The number of rotatable bonds is 3. The molecule has 0 bridgehead atoms. The summed E-state index contributed by atoms with van der Waals surface area (Å²) in [5.41, 5.74) is 4.62. The van der Waals surface area contributed by atoms with E-state index in [9.17, 15) is 4.79 Å². The van der Waals surface area contributed by atoms with E-state index in [1.54, 1.807) is 18.5 Å². The number of para-hydroxylation sites is 1. The van der Waals surface area contributed by atoms with Gasteiger partial charge in [-0.2, -0.15) is 0 Å². The molecule has 0 atom stereocenters. The number of benzene rings is 2. The summed E-state index contributed by atoms with van der Waals surface area (Å²) in [6.45, 7) is 1.91. The lowest BCUT2D eigenvalue weighted by Crippen LogP contribution is -2.14. The Kier molecular flexibility index (Phi) is 4.57. The van der Waals surface area contributed by atoms with Crippen LogP contribution in [0, 0.1) is 6.92 Å². The lowest BCUT2D eigenvalue weighted by Gasteiger charge is -2.12. The number of aryl methyl sites for hydroxylation is 1. The highest BCUT2D eigenvalue weighted by atomic mass is 35.5. The molecule has 0 spiro atoms. The largest absolute Gasteiger partial charge is 0.322 e. The number of hydrogen-bond donors (Lipinski definition) is 1. The molecule has 1 N–H and O–H groups in total. The van der Waals surface area contributed by atoms with Crippen LogP contribution in [0.4, 0.5) is 5.69 Å². The van der Waals surface area contributed by atoms with Crippen LogP contribution < -0.4 is 5.32 Å². The summed E-state index contributed by atoms with van der Waals surface area (Å²) >= 11 is 6.01. The van der Waals surface area contributed by atoms with Crippen LogP contribution in [0.5, 0.6) is 0 Å². The van der Waals surface area contributed by atoms with E-state index >= 15 is 0 Å². The third-order valence-electron chi connectivity index (χ3n) is 4.37. The van der Waals surface area contributed by atoms with Crippen molar-refractivity contribution in [3.05, 3.63) is 89.2 Å². The molecule has 2 aromatic heterocycles. The van der Waals surface area contributed by atoms with Gasteiger partial charge in [0.2, 0.25) is 0 Å². The first-order chi connectivity index (χ1) is 13.1. The Morgan fingerprint density at radius 1 is 1.00 bits per heavy atom. The Bertz CT molecular complexity index is 1140. The van der Waals surface area contributed by atoms with Gasteiger partial charge in [-0.3, -0.25) is 9.78 Å². The van der Waals surface area contributed by atoms with Crippen LogP contribution in [0.2, 0.25) is 5.02 Å². The van der Waals surface area contributed by atoms with Gasteiger partial charge < -0.3 is 5.32 Å². The molecule has 2 aromatic carbocycles. The predicted molar refractivity (Wildman–Crippen MR) is 109 cm³/mol. The Labute approximate surface area is 161 Å². The third-order valence-corrected chi connectivity index (χ3v) is 4.61. The number of halogens is 1. The highest BCUT2D eigenvalue weighted by molar-refractivity contribution is 6.30. The predicted octanol–water partition coefficient (Wildman–Crippen LogP) is 5.51. The summed E-state index contributed by atoms with van der Waals surface area (Å²) < 4.78 is 0. The number of nitrogens with one attached hydrogen (secondary N) is 1. The topological polar surface area (TPSA) is 54.9 Å². The zero-order valence-corrected chi connectivity index (χ0v) is 15.4. The van der Waals surface area contributed by atoms with Crippen molar-refractivity contribution in [1.82, 2.24) is 9.97 Å². The number of anilines is 1. The fourth-order valence-corrected chi connectivity index (χ4v) is 3.22.